The molecule has 4 rings (SSSR count). The Balaban J connectivity index is 1.25. The van der Waals surface area contributed by atoms with Gasteiger partial charge in [0.05, 0.1) is 44.7 Å². The van der Waals surface area contributed by atoms with E-state index >= 15 is 0 Å². The van der Waals surface area contributed by atoms with Crippen LogP contribution >= 0.6 is 0 Å². The molecule has 0 N–H and O–H groups in total. The fourth-order valence-electron chi connectivity index (χ4n) is 3.78. The minimum Gasteiger partial charge on any atom is -0.493 e. The third-order valence-corrected chi connectivity index (χ3v) is 5.87. The van der Waals surface area contributed by atoms with E-state index in [1.807, 2.05) is 0 Å². The van der Waals surface area contributed by atoms with E-state index in [0.29, 0.717) is 24.0 Å². The fraction of sp³-hybridized carbons (Fsp3) is 0.538. The maximum absolute atomic E-state index is 6.07. The molecule has 5 atom stereocenters. The molecule has 4 nitrogen and oxygen atoms in total. The van der Waals surface area contributed by atoms with Crippen LogP contribution in [0.4, 0.5) is 0 Å². The van der Waals surface area contributed by atoms with Crippen LogP contribution in [0.3, 0.4) is 0 Å². The zero-order valence-corrected chi connectivity index (χ0v) is 18.4. The molecule has 162 valence electrons. The Morgan fingerprint density at radius 3 is 1.80 bits per heavy atom. The number of hydrogen-bond donors (Lipinski definition) is 0. The number of ether oxygens (including phenoxy) is 4. The summed E-state index contributed by atoms with van der Waals surface area (Å²) in [6.45, 7) is 9.91. The van der Waals surface area contributed by atoms with Gasteiger partial charge in [-0.3, -0.25) is 0 Å². The summed E-state index contributed by atoms with van der Waals surface area (Å²) in [6, 6.07) is 17.0. The van der Waals surface area contributed by atoms with Crippen molar-refractivity contribution in [3.05, 3.63) is 54.1 Å². The van der Waals surface area contributed by atoms with Gasteiger partial charge in [0.25, 0.3) is 0 Å². The van der Waals surface area contributed by atoms with Crippen molar-refractivity contribution in [3.63, 3.8) is 0 Å². The van der Waals surface area contributed by atoms with Crippen LogP contribution in [0.2, 0.25) is 0 Å². The quantitative estimate of drug-likeness (QED) is 0.424. The van der Waals surface area contributed by atoms with Gasteiger partial charge in [-0.1, -0.05) is 50.2 Å². The van der Waals surface area contributed by atoms with Crippen molar-refractivity contribution in [2.45, 2.75) is 51.9 Å². The van der Waals surface area contributed by atoms with Crippen molar-refractivity contribution < 1.29 is 18.9 Å². The Morgan fingerprint density at radius 2 is 1.27 bits per heavy atom. The molecule has 30 heavy (non-hydrogen) atoms. The van der Waals surface area contributed by atoms with Gasteiger partial charge >= 0.3 is 0 Å². The van der Waals surface area contributed by atoms with Gasteiger partial charge < -0.3 is 18.9 Å². The Kier molecular flexibility index (Phi) is 7.08. The number of benzene rings is 2. The minimum absolute atomic E-state index is 0.0976. The molecule has 0 aromatic heterocycles. The van der Waals surface area contributed by atoms with Crippen LogP contribution in [0.15, 0.2) is 48.5 Å². The van der Waals surface area contributed by atoms with E-state index in [1.165, 1.54) is 16.7 Å². The molecule has 0 aliphatic carbocycles. The molecule has 2 aliphatic heterocycles. The molecule has 2 heterocycles. The van der Waals surface area contributed by atoms with Gasteiger partial charge in [-0.05, 0) is 60.4 Å². The monoisotopic (exact) mass is 410 g/mol. The molecule has 2 fully saturated rings. The van der Waals surface area contributed by atoms with Crippen LogP contribution in [-0.4, -0.2) is 38.6 Å². The summed E-state index contributed by atoms with van der Waals surface area (Å²) in [7, 11) is 0. The van der Waals surface area contributed by atoms with Crippen molar-refractivity contribution in [2.24, 2.45) is 11.8 Å². The van der Waals surface area contributed by atoms with Crippen LogP contribution in [0.25, 0.3) is 11.1 Å². The highest BCUT2D eigenvalue weighted by atomic mass is 16.6. The zero-order valence-electron chi connectivity index (χ0n) is 18.4. The lowest BCUT2D eigenvalue weighted by atomic mass is 10.0. The van der Waals surface area contributed by atoms with E-state index in [0.717, 1.165) is 45.0 Å². The molecule has 0 spiro atoms. The Morgan fingerprint density at radius 1 is 0.767 bits per heavy atom. The molecule has 0 radical (unpaired) electrons. The van der Waals surface area contributed by atoms with Gasteiger partial charge in [0.15, 0.2) is 0 Å². The van der Waals surface area contributed by atoms with Gasteiger partial charge in [0, 0.05) is 0 Å². The summed E-state index contributed by atoms with van der Waals surface area (Å²) in [5.41, 5.74) is 3.61. The summed E-state index contributed by atoms with van der Waals surface area (Å²) >= 11 is 0. The largest absolute Gasteiger partial charge is 0.493 e. The molecule has 0 bridgehead atoms. The van der Waals surface area contributed by atoms with E-state index < -0.39 is 0 Å². The van der Waals surface area contributed by atoms with Crippen molar-refractivity contribution >= 4 is 0 Å². The number of hydrogen-bond acceptors (Lipinski definition) is 4. The summed E-state index contributed by atoms with van der Waals surface area (Å²) in [5, 5.41) is 0. The van der Waals surface area contributed by atoms with Crippen LogP contribution in [0, 0.1) is 11.8 Å². The van der Waals surface area contributed by atoms with Crippen LogP contribution < -0.4 is 4.74 Å². The first kappa shape index (κ1) is 21.4. The highest BCUT2D eigenvalue weighted by Crippen LogP contribution is 2.27. The fourth-order valence-corrected chi connectivity index (χ4v) is 3.78. The second-order valence-corrected chi connectivity index (χ2v) is 9.03. The standard InChI is InChI=1S/C26H34O4/c1-18(12-25-16-29-25)14-27-20(3)21-4-6-22(7-5-21)23-8-10-24(11-9-23)28-15-19(2)13-26-17-30-26/h4-11,18-20,25-26H,12-17H2,1-3H3. The van der Waals surface area contributed by atoms with Crippen LogP contribution in [-0.2, 0) is 14.2 Å². The van der Waals surface area contributed by atoms with Gasteiger partial charge in [0.1, 0.15) is 5.75 Å². The van der Waals surface area contributed by atoms with Crippen LogP contribution in [0.5, 0.6) is 5.75 Å². The molecule has 2 aliphatic rings. The van der Waals surface area contributed by atoms with E-state index in [4.69, 9.17) is 18.9 Å². The van der Waals surface area contributed by atoms with Gasteiger partial charge in [0.2, 0.25) is 0 Å². The summed E-state index contributed by atoms with van der Waals surface area (Å²) in [6.07, 6.45) is 3.21. The average Bonchev–Trinajstić information content (AvgIpc) is 3.69. The van der Waals surface area contributed by atoms with Crippen molar-refractivity contribution in [1.29, 1.82) is 0 Å². The highest BCUT2D eigenvalue weighted by molar-refractivity contribution is 5.64. The van der Waals surface area contributed by atoms with E-state index in [2.05, 4.69) is 69.3 Å². The summed E-state index contributed by atoms with van der Waals surface area (Å²) in [5.74, 6) is 1.97. The maximum Gasteiger partial charge on any atom is 0.119 e. The van der Waals surface area contributed by atoms with E-state index in [9.17, 15) is 0 Å². The average molecular weight is 411 g/mol. The Bertz CT molecular complexity index is 778. The molecular formula is C26H34O4. The lowest BCUT2D eigenvalue weighted by Crippen LogP contribution is -2.11. The highest BCUT2D eigenvalue weighted by Gasteiger charge is 2.25. The Labute approximate surface area is 180 Å². The lowest BCUT2D eigenvalue weighted by molar-refractivity contribution is 0.0397. The molecule has 0 saturated carbocycles. The predicted molar refractivity (Wildman–Crippen MR) is 119 cm³/mol. The first-order valence-electron chi connectivity index (χ1n) is 11.2. The smallest absolute Gasteiger partial charge is 0.119 e. The topological polar surface area (TPSA) is 43.5 Å². The van der Waals surface area contributed by atoms with Crippen molar-refractivity contribution in [1.82, 2.24) is 0 Å². The normalized spacial score (nSPS) is 22.9. The van der Waals surface area contributed by atoms with Gasteiger partial charge in [-0.2, -0.15) is 0 Å². The molecule has 2 aromatic rings. The van der Waals surface area contributed by atoms with E-state index in [-0.39, 0.29) is 6.10 Å². The minimum atomic E-state index is 0.0976. The molecule has 0 amide bonds. The van der Waals surface area contributed by atoms with Crippen LogP contribution in [0.1, 0.15) is 45.3 Å². The molecule has 4 heteroatoms. The first-order valence-corrected chi connectivity index (χ1v) is 11.2. The van der Waals surface area contributed by atoms with Gasteiger partial charge in [-0.15, -0.1) is 0 Å². The van der Waals surface area contributed by atoms with Crippen molar-refractivity contribution in [3.8, 4) is 16.9 Å². The SMILES string of the molecule is CC(COc1ccc(-c2ccc(C(C)OCC(C)CC3CO3)cc2)cc1)CC1CO1. The predicted octanol–water partition coefficient (Wildman–Crippen LogP) is 5.66. The van der Waals surface area contributed by atoms with Gasteiger partial charge in [-0.25, -0.2) is 0 Å². The summed E-state index contributed by atoms with van der Waals surface area (Å²) in [4.78, 5) is 0. The second-order valence-electron chi connectivity index (χ2n) is 9.03. The third kappa shape index (κ3) is 6.56. The number of rotatable bonds is 12. The zero-order chi connectivity index (χ0) is 20.9. The molecule has 2 aromatic carbocycles. The second kappa shape index (κ2) is 9.95. The first-order chi connectivity index (χ1) is 14.6. The maximum atomic E-state index is 6.07. The number of epoxide rings is 2. The third-order valence-electron chi connectivity index (χ3n) is 5.87. The molecule has 2 saturated heterocycles. The summed E-state index contributed by atoms with van der Waals surface area (Å²) < 4.78 is 22.6. The Hall–Kier alpha value is -1.88. The van der Waals surface area contributed by atoms with Crippen molar-refractivity contribution in [2.75, 3.05) is 26.4 Å². The molecular weight excluding hydrogens is 376 g/mol. The van der Waals surface area contributed by atoms with E-state index in [1.54, 1.807) is 0 Å². The molecule has 5 unspecified atom stereocenters. The lowest BCUT2D eigenvalue weighted by Gasteiger charge is -2.17.